The Morgan fingerprint density at radius 1 is 1.00 bits per heavy atom. The maximum absolute atomic E-state index is 12.6. The van der Waals surface area contributed by atoms with Gasteiger partial charge in [-0.2, -0.15) is 0 Å². The lowest BCUT2D eigenvalue weighted by Crippen LogP contribution is -2.42. The van der Waals surface area contributed by atoms with Crippen LogP contribution in [0.1, 0.15) is 31.9 Å². The van der Waals surface area contributed by atoms with Crippen LogP contribution in [0.15, 0.2) is 59.5 Å². The monoisotopic (exact) mass is 384 g/mol. The van der Waals surface area contributed by atoms with E-state index in [1.807, 2.05) is 25.1 Å². The number of rotatable bonds is 5. The molecule has 5 heteroatoms. The standard InChI is InChI=1S/C22H28N2O2S/c1-16-9-11-20(12-10-16)27(25,26)23-13-14-24-19(4)17(2)15-18(3)21-7-5-6-8-22(21)24/h5-12,15,17,19,23H,13-14H2,1-4H3. The Morgan fingerprint density at radius 3 is 2.37 bits per heavy atom. The van der Waals surface area contributed by atoms with E-state index in [1.54, 1.807) is 12.1 Å². The van der Waals surface area contributed by atoms with Crippen LogP contribution in [0.25, 0.3) is 5.57 Å². The van der Waals surface area contributed by atoms with Gasteiger partial charge in [0.2, 0.25) is 10.0 Å². The zero-order valence-electron chi connectivity index (χ0n) is 16.4. The summed E-state index contributed by atoms with van der Waals surface area (Å²) in [6.07, 6.45) is 2.31. The third kappa shape index (κ3) is 4.25. The number of aryl methyl sites for hydroxylation is 1. The summed E-state index contributed by atoms with van der Waals surface area (Å²) < 4.78 is 27.9. The molecule has 4 nitrogen and oxygen atoms in total. The molecule has 27 heavy (non-hydrogen) atoms. The number of para-hydroxylation sites is 1. The molecule has 0 saturated carbocycles. The molecule has 2 unspecified atom stereocenters. The van der Waals surface area contributed by atoms with Crippen molar-refractivity contribution in [2.24, 2.45) is 5.92 Å². The second-order valence-corrected chi connectivity index (χ2v) is 9.14. The highest BCUT2D eigenvalue weighted by molar-refractivity contribution is 7.89. The number of nitrogens with zero attached hydrogens (tertiary/aromatic N) is 1. The molecule has 144 valence electrons. The van der Waals surface area contributed by atoms with Crippen LogP contribution in [0.5, 0.6) is 0 Å². The van der Waals surface area contributed by atoms with Crippen molar-refractivity contribution in [1.29, 1.82) is 0 Å². The molecule has 0 radical (unpaired) electrons. The molecule has 2 atom stereocenters. The highest BCUT2D eigenvalue weighted by Gasteiger charge is 2.25. The first kappa shape index (κ1) is 19.6. The van der Waals surface area contributed by atoms with E-state index in [1.165, 1.54) is 11.1 Å². The molecule has 2 aromatic rings. The highest BCUT2D eigenvalue weighted by Crippen LogP contribution is 2.34. The summed E-state index contributed by atoms with van der Waals surface area (Å²) in [5.41, 5.74) is 4.70. The van der Waals surface area contributed by atoms with Gasteiger partial charge in [0.1, 0.15) is 0 Å². The average molecular weight is 385 g/mol. The van der Waals surface area contributed by atoms with Crippen LogP contribution in [-0.4, -0.2) is 27.5 Å². The van der Waals surface area contributed by atoms with Gasteiger partial charge in [0.05, 0.1) is 4.90 Å². The fraction of sp³-hybridized carbons (Fsp3) is 0.364. The van der Waals surface area contributed by atoms with Crippen LogP contribution < -0.4 is 9.62 Å². The first-order valence-electron chi connectivity index (χ1n) is 9.40. The zero-order chi connectivity index (χ0) is 19.6. The van der Waals surface area contributed by atoms with Gasteiger partial charge in [-0.25, -0.2) is 13.1 Å². The molecule has 0 spiro atoms. The van der Waals surface area contributed by atoms with Gasteiger partial charge in [0.25, 0.3) is 0 Å². The lowest BCUT2D eigenvalue weighted by molar-refractivity contribution is 0.523. The molecule has 0 bridgehead atoms. The molecule has 2 aromatic carbocycles. The number of anilines is 1. The predicted octanol–water partition coefficient (Wildman–Crippen LogP) is 4.22. The summed E-state index contributed by atoms with van der Waals surface area (Å²) in [6, 6.07) is 15.6. The summed E-state index contributed by atoms with van der Waals surface area (Å²) >= 11 is 0. The molecule has 1 N–H and O–H groups in total. The van der Waals surface area contributed by atoms with Crippen molar-refractivity contribution < 1.29 is 8.42 Å². The van der Waals surface area contributed by atoms with Crippen LogP contribution in [0.4, 0.5) is 5.69 Å². The van der Waals surface area contributed by atoms with E-state index in [9.17, 15) is 8.42 Å². The second kappa shape index (κ2) is 7.87. The molecule has 1 heterocycles. The third-order valence-corrected chi connectivity index (χ3v) is 6.86. The van der Waals surface area contributed by atoms with Gasteiger partial charge in [0.15, 0.2) is 0 Å². The summed E-state index contributed by atoms with van der Waals surface area (Å²) in [7, 11) is -3.50. The van der Waals surface area contributed by atoms with E-state index in [4.69, 9.17) is 0 Å². The Bertz CT molecular complexity index is 933. The largest absolute Gasteiger partial charge is 0.366 e. The van der Waals surface area contributed by atoms with E-state index in [2.05, 4.69) is 54.7 Å². The van der Waals surface area contributed by atoms with E-state index in [0.717, 1.165) is 11.3 Å². The SMILES string of the molecule is CC1=CC(C)C(C)N(CCNS(=O)(=O)c2ccc(C)cc2)c2ccccc21. The number of nitrogens with one attached hydrogen (secondary N) is 1. The Balaban J connectivity index is 1.77. The van der Waals surface area contributed by atoms with E-state index in [-0.39, 0.29) is 6.04 Å². The molecule has 0 aromatic heterocycles. The number of hydrogen-bond acceptors (Lipinski definition) is 3. The first-order chi connectivity index (χ1) is 12.8. The second-order valence-electron chi connectivity index (χ2n) is 7.37. The third-order valence-electron chi connectivity index (χ3n) is 5.38. The van der Waals surface area contributed by atoms with E-state index in [0.29, 0.717) is 23.9 Å². The van der Waals surface area contributed by atoms with Gasteiger partial charge >= 0.3 is 0 Å². The summed E-state index contributed by atoms with van der Waals surface area (Å²) in [5.74, 6) is 0.381. The Hall–Kier alpha value is -2.11. The topological polar surface area (TPSA) is 49.4 Å². The zero-order valence-corrected chi connectivity index (χ0v) is 17.3. The van der Waals surface area contributed by atoms with Crippen molar-refractivity contribution in [1.82, 2.24) is 4.72 Å². The molecule has 1 aliphatic heterocycles. The van der Waals surface area contributed by atoms with Gasteiger partial charge in [0, 0.05) is 30.4 Å². The molecule has 0 aliphatic carbocycles. The Morgan fingerprint density at radius 2 is 1.67 bits per heavy atom. The molecule has 0 fully saturated rings. The summed E-state index contributed by atoms with van der Waals surface area (Å²) in [5, 5.41) is 0. The quantitative estimate of drug-likeness (QED) is 0.840. The van der Waals surface area contributed by atoms with Gasteiger partial charge in [-0.3, -0.25) is 0 Å². The smallest absolute Gasteiger partial charge is 0.240 e. The minimum absolute atomic E-state index is 0.285. The van der Waals surface area contributed by atoms with Crippen molar-refractivity contribution in [3.05, 3.63) is 65.7 Å². The maximum Gasteiger partial charge on any atom is 0.240 e. The van der Waals surface area contributed by atoms with Crippen molar-refractivity contribution in [2.45, 2.75) is 38.6 Å². The predicted molar refractivity (Wildman–Crippen MR) is 112 cm³/mol. The van der Waals surface area contributed by atoms with Crippen LogP contribution >= 0.6 is 0 Å². The van der Waals surface area contributed by atoms with Crippen LogP contribution in [-0.2, 0) is 10.0 Å². The van der Waals surface area contributed by atoms with Gasteiger partial charge < -0.3 is 4.90 Å². The van der Waals surface area contributed by atoms with Crippen LogP contribution in [0.2, 0.25) is 0 Å². The van der Waals surface area contributed by atoms with Crippen molar-refractivity contribution in [3.63, 3.8) is 0 Å². The lowest BCUT2D eigenvalue weighted by atomic mass is 10.00. The minimum atomic E-state index is -3.50. The fourth-order valence-electron chi connectivity index (χ4n) is 3.61. The molecule has 3 rings (SSSR count). The molecular weight excluding hydrogens is 356 g/mol. The number of fused-ring (bicyclic) bond motifs is 1. The van der Waals surface area contributed by atoms with Gasteiger partial charge in [-0.05, 0) is 50.5 Å². The molecule has 1 aliphatic rings. The minimum Gasteiger partial charge on any atom is -0.366 e. The highest BCUT2D eigenvalue weighted by atomic mass is 32.2. The summed E-state index contributed by atoms with van der Waals surface area (Å²) in [6.45, 7) is 9.48. The number of sulfonamides is 1. The van der Waals surface area contributed by atoms with Crippen molar-refractivity contribution >= 4 is 21.3 Å². The summed E-state index contributed by atoms with van der Waals surface area (Å²) in [4.78, 5) is 2.62. The van der Waals surface area contributed by atoms with E-state index < -0.39 is 10.0 Å². The first-order valence-corrected chi connectivity index (χ1v) is 10.9. The molecular formula is C22H28N2O2S. The fourth-order valence-corrected chi connectivity index (χ4v) is 4.63. The number of benzene rings is 2. The number of allylic oxidation sites excluding steroid dienone is 1. The molecule has 0 saturated heterocycles. The normalized spacial score (nSPS) is 20.0. The van der Waals surface area contributed by atoms with Gasteiger partial charge in [-0.15, -0.1) is 0 Å². The lowest BCUT2D eigenvalue weighted by Gasteiger charge is -2.33. The molecule has 0 amide bonds. The van der Waals surface area contributed by atoms with Gasteiger partial charge in [-0.1, -0.05) is 48.9 Å². The van der Waals surface area contributed by atoms with E-state index >= 15 is 0 Å². The van der Waals surface area contributed by atoms with Crippen LogP contribution in [0, 0.1) is 12.8 Å². The Labute approximate surface area is 163 Å². The maximum atomic E-state index is 12.6. The van der Waals surface area contributed by atoms with Crippen molar-refractivity contribution in [2.75, 3.05) is 18.0 Å². The number of hydrogen-bond donors (Lipinski definition) is 1. The Kier molecular flexibility index (Phi) is 5.72. The average Bonchev–Trinajstić information content (AvgIpc) is 2.72. The van der Waals surface area contributed by atoms with Crippen LogP contribution in [0.3, 0.4) is 0 Å². The van der Waals surface area contributed by atoms with Crippen molar-refractivity contribution in [3.8, 4) is 0 Å².